The number of anilines is 1. The third-order valence-electron chi connectivity index (χ3n) is 3.33. The van der Waals surface area contributed by atoms with E-state index >= 15 is 0 Å². The zero-order valence-corrected chi connectivity index (χ0v) is 11.6. The number of carbonyl (C=O) groups is 2. The second kappa shape index (κ2) is 6.38. The van der Waals surface area contributed by atoms with Crippen LogP contribution in [0.2, 0.25) is 0 Å². The van der Waals surface area contributed by atoms with Crippen LogP contribution in [0.4, 0.5) is 5.82 Å². The number of nitrogens with two attached hydrogens (primary N) is 1. The van der Waals surface area contributed by atoms with Gasteiger partial charge in [0.05, 0.1) is 6.54 Å². The lowest BCUT2D eigenvalue weighted by Crippen LogP contribution is -2.51. The number of nitrogens with zero attached hydrogens (tertiary/aromatic N) is 4. The van der Waals surface area contributed by atoms with Crippen LogP contribution in [0, 0.1) is 0 Å². The van der Waals surface area contributed by atoms with Crippen molar-refractivity contribution in [2.75, 3.05) is 45.5 Å². The second-order valence-corrected chi connectivity index (χ2v) is 4.77. The zero-order chi connectivity index (χ0) is 14.5. The first-order chi connectivity index (χ1) is 9.58. The van der Waals surface area contributed by atoms with Crippen molar-refractivity contribution in [2.24, 2.45) is 0 Å². The van der Waals surface area contributed by atoms with Crippen LogP contribution in [0.1, 0.15) is 0 Å². The van der Waals surface area contributed by atoms with E-state index in [2.05, 4.69) is 10.4 Å². The number of likely N-dealkylation sites (N-methyl/N-ethyl adjacent to an activating group) is 1. The van der Waals surface area contributed by atoms with E-state index < -0.39 is 0 Å². The molecule has 2 heterocycles. The average Bonchev–Trinajstić information content (AvgIpc) is 2.84. The van der Waals surface area contributed by atoms with Crippen molar-refractivity contribution in [2.45, 2.75) is 6.54 Å². The number of carbonyl (C=O) groups excluding carboxylic acids is 2. The van der Waals surface area contributed by atoms with E-state index in [1.807, 2.05) is 4.90 Å². The maximum Gasteiger partial charge on any atom is 0.244 e. The largest absolute Gasteiger partial charge is 0.382 e. The van der Waals surface area contributed by atoms with Crippen LogP contribution in [-0.4, -0.2) is 71.2 Å². The average molecular weight is 280 g/mol. The van der Waals surface area contributed by atoms with Gasteiger partial charge in [-0.2, -0.15) is 5.10 Å². The fourth-order valence-corrected chi connectivity index (χ4v) is 2.14. The van der Waals surface area contributed by atoms with Crippen molar-refractivity contribution >= 4 is 17.6 Å². The Bertz CT molecular complexity index is 478. The van der Waals surface area contributed by atoms with Crippen LogP contribution in [0.5, 0.6) is 0 Å². The summed E-state index contributed by atoms with van der Waals surface area (Å²) in [4.78, 5) is 27.2. The highest BCUT2D eigenvalue weighted by Crippen LogP contribution is 2.04. The second-order valence-electron chi connectivity index (χ2n) is 4.77. The van der Waals surface area contributed by atoms with Gasteiger partial charge in [0, 0.05) is 39.4 Å². The third-order valence-corrected chi connectivity index (χ3v) is 3.33. The fraction of sp³-hybridized carbons (Fsp3) is 0.583. The Morgan fingerprint density at radius 2 is 2.00 bits per heavy atom. The molecule has 3 N–H and O–H groups in total. The van der Waals surface area contributed by atoms with Gasteiger partial charge in [0.25, 0.3) is 0 Å². The van der Waals surface area contributed by atoms with Gasteiger partial charge in [-0.1, -0.05) is 0 Å². The minimum Gasteiger partial charge on any atom is -0.382 e. The van der Waals surface area contributed by atoms with E-state index in [4.69, 9.17) is 5.73 Å². The standard InChI is InChI=1S/C12H20N6O2/c1-14-11(19)8-16-4-6-17(7-5-16)12(20)9-18-3-2-10(13)15-18/h2-3H,4-9H2,1H3,(H2,13,15)(H,14,19). The van der Waals surface area contributed by atoms with Gasteiger partial charge in [0.1, 0.15) is 12.4 Å². The van der Waals surface area contributed by atoms with Gasteiger partial charge >= 0.3 is 0 Å². The molecule has 0 atom stereocenters. The van der Waals surface area contributed by atoms with Crippen molar-refractivity contribution in [3.63, 3.8) is 0 Å². The summed E-state index contributed by atoms with van der Waals surface area (Å²) in [6.07, 6.45) is 1.69. The molecule has 0 aromatic carbocycles. The van der Waals surface area contributed by atoms with E-state index in [-0.39, 0.29) is 18.4 Å². The summed E-state index contributed by atoms with van der Waals surface area (Å²) in [6.45, 7) is 3.26. The van der Waals surface area contributed by atoms with E-state index in [1.54, 1.807) is 24.2 Å². The van der Waals surface area contributed by atoms with Gasteiger partial charge in [0.15, 0.2) is 0 Å². The molecule has 0 saturated carbocycles. The predicted molar refractivity (Wildman–Crippen MR) is 73.7 cm³/mol. The van der Waals surface area contributed by atoms with Crippen molar-refractivity contribution < 1.29 is 9.59 Å². The minimum atomic E-state index is -0.00297. The van der Waals surface area contributed by atoms with Crippen molar-refractivity contribution in [1.82, 2.24) is 24.9 Å². The number of rotatable bonds is 4. The monoisotopic (exact) mass is 280 g/mol. The topological polar surface area (TPSA) is 96.5 Å². The lowest BCUT2D eigenvalue weighted by molar-refractivity contribution is -0.134. The maximum atomic E-state index is 12.1. The maximum absolute atomic E-state index is 12.1. The van der Waals surface area contributed by atoms with Crippen LogP contribution in [-0.2, 0) is 16.1 Å². The summed E-state index contributed by atoms with van der Waals surface area (Å²) in [5.41, 5.74) is 5.51. The Hall–Kier alpha value is -2.09. The predicted octanol–water partition coefficient (Wildman–Crippen LogP) is -1.64. The van der Waals surface area contributed by atoms with Crippen LogP contribution in [0.3, 0.4) is 0 Å². The first kappa shape index (κ1) is 14.3. The van der Waals surface area contributed by atoms with E-state index in [9.17, 15) is 9.59 Å². The number of amides is 2. The summed E-state index contributed by atoms with van der Waals surface area (Å²) >= 11 is 0. The Morgan fingerprint density at radius 1 is 1.30 bits per heavy atom. The molecule has 0 bridgehead atoms. The Labute approximate surface area is 117 Å². The molecule has 0 spiro atoms. The fourth-order valence-electron chi connectivity index (χ4n) is 2.14. The normalized spacial score (nSPS) is 16.1. The molecule has 0 aliphatic carbocycles. The van der Waals surface area contributed by atoms with Gasteiger partial charge in [-0.15, -0.1) is 0 Å². The zero-order valence-electron chi connectivity index (χ0n) is 11.6. The molecule has 2 amide bonds. The number of hydrogen-bond donors (Lipinski definition) is 2. The molecule has 2 rings (SSSR count). The first-order valence-electron chi connectivity index (χ1n) is 6.58. The summed E-state index contributed by atoms with van der Waals surface area (Å²) in [5, 5.41) is 6.59. The molecule has 8 nitrogen and oxygen atoms in total. The molecule has 1 aliphatic heterocycles. The number of piperazine rings is 1. The van der Waals surface area contributed by atoms with E-state index in [0.29, 0.717) is 38.5 Å². The third kappa shape index (κ3) is 3.70. The van der Waals surface area contributed by atoms with Crippen molar-refractivity contribution in [1.29, 1.82) is 0 Å². The first-order valence-corrected chi connectivity index (χ1v) is 6.58. The quantitative estimate of drug-likeness (QED) is 0.689. The number of nitrogen functional groups attached to an aromatic ring is 1. The highest BCUT2D eigenvalue weighted by atomic mass is 16.2. The molecule has 0 unspecified atom stereocenters. The van der Waals surface area contributed by atoms with Crippen molar-refractivity contribution in [3.8, 4) is 0 Å². The summed E-state index contributed by atoms with van der Waals surface area (Å²) < 4.78 is 1.54. The highest BCUT2D eigenvalue weighted by Gasteiger charge is 2.22. The smallest absolute Gasteiger partial charge is 0.244 e. The van der Waals surface area contributed by atoms with E-state index in [0.717, 1.165) is 0 Å². The molecular formula is C12H20N6O2. The Kier molecular flexibility index (Phi) is 4.57. The van der Waals surface area contributed by atoms with Gasteiger partial charge in [-0.3, -0.25) is 19.2 Å². The van der Waals surface area contributed by atoms with Gasteiger partial charge in [-0.05, 0) is 6.07 Å². The molecule has 1 saturated heterocycles. The molecule has 0 radical (unpaired) electrons. The molecule has 1 aliphatic rings. The highest BCUT2D eigenvalue weighted by molar-refractivity contribution is 5.78. The lowest BCUT2D eigenvalue weighted by atomic mass is 10.3. The molecule has 20 heavy (non-hydrogen) atoms. The van der Waals surface area contributed by atoms with Crippen LogP contribution < -0.4 is 11.1 Å². The van der Waals surface area contributed by atoms with Crippen molar-refractivity contribution in [3.05, 3.63) is 12.3 Å². The number of aromatic nitrogens is 2. The molecule has 1 fully saturated rings. The van der Waals surface area contributed by atoms with Crippen LogP contribution >= 0.6 is 0 Å². The van der Waals surface area contributed by atoms with E-state index in [1.165, 1.54) is 4.68 Å². The summed E-state index contributed by atoms with van der Waals surface area (Å²) in [5.74, 6) is 0.428. The summed E-state index contributed by atoms with van der Waals surface area (Å²) in [6, 6.07) is 1.66. The number of hydrogen-bond acceptors (Lipinski definition) is 5. The van der Waals surface area contributed by atoms with Crippen LogP contribution in [0.15, 0.2) is 12.3 Å². The van der Waals surface area contributed by atoms with Gasteiger partial charge < -0.3 is 16.0 Å². The Balaban J connectivity index is 1.78. The molecule has 110 valence electrons. The molecule has 1 aromatic heterocycles. The molecular weight excluding hydrogens is 260 g/mol. The van der Waals surface area contributed by atoms with Crippen LogP contribution in [0.25, 0.3) is 0 Å². The minimum absolute atomic E-state index is 0.00297. The Morgan fingerprint density at radius 3 is 2.55 bits per heavy atom. The number of nitrogens with one attached hydrogen (secondary N) is 1. The van der Waals surface area contributed by atoms with Gasteiger partial charge in [0.2, 0.25) is 11.8 Å². The SMILES string of the molecule is CNC(=O)CN1CCN(C(=O)Cn2ccc(N)n2)CC1. The molecule has 8 heteroatoms. The van der Waals surface area contributed by atoms with Gasteiger partial charge in [-0.25, -0.2) is 0 Å². The molecule has 1 aromatic rings. The summed E-state index contributed by atoms with van der Waals surface area (Å²) in [7, 11) is 1.62. The lowest BCUT2D eigenvalue weighted by Gasteiger charge is -2.34.